The molecule has 0 aromatic carbocycles. The van der Waals surface area contributed by atoms with E-state index >= 15 is 0 Å². The lowest BCUT2D eigenvalue weighted by Gasteiger charge is -2.12. The monoisotopic (exact) mass is 292 g/mol. The van der Waals surface area contributed by atoms with Crippen LogP contribution in [0.15, 0.2) is 10.3 Å². The Bertz CT molecular complexity index is 536. The van der Waals surface area contributed by atoms with Gasteiger partial charge in [0.1, 0.15) is 9.77 Å². The van der Waals surface area contributed by atoms with Crippen LogP contribution in [0.5, 0.6) is 0 Å². The number of hydrogen-bond acceptors (Lipinski definition) is 6. The molecule has 0 saturated carbocycles. The molecule has 0 aliphatic carbocycles. The van der Waals surface area contributed by atoms with Gasteiger partial charge in [0.05, 0.1) is 7.11 Å². The number of nitrogens with two attached hydrogens (primary N) is 1. The number of rotatable bonds is 5. The van der Waals surface area contributed by atoms with Gasteiger partial charge in [-0.25, -0.2) is 17.9 Å². The first kappa shape index (κ1) is 15.1. The predicted octanol–water partition coefficient (Wildman–Crippen LogP) is 0.469. The van der Waals surface area contributed by atoms with Crippen LogP contribution in [0.25, 0.3) is 0 Å². The van der Waals surface area contributed by atoms with Crippen molar-refractivity contribution in [1.82, 2.24) is 4.72 Å². The highest BCUT2D eigenvalue weighted by molar-refractivity contribution is 7.89. The van der Waals surface area contributed by atoms with Gasteiger partial charge >= 0.3 is 5.97 Å². The average molecular weight is 292 g/mol. The predicted molar refractivity (Wildman–Crippen MR) is 69.2 cm³/mol. The molecule has 0 fully saturated rings. The molecule has 1 atom stereocenters. The summed E-state index contributed by atoms with van der Waals surface area (Å²) in [7, 11) is -2.55. The number of nitrogens with one attached hydrogen (secondary N) is 1. The molecule has 0 spiro atoms. The van der Waals surface area contributed by atoms with Crippen LogP contribution in [0.2, 0.25) is 0 Å². The third kappa shape index (κ3) is 3.08. The van der Waals surface area contributed by atoms with Crippen molar-refractivity contribution in [3.05, 3.63) is 15.8 Å². The van der Waals surface area contributed by atoms with E-state index in [0.29, 0.717) is 5.56 Å². The second-order valence-corrected chi connectivity index (χ2v) is 6.36. The Morgan fingerprint density at radius 1 is 1.61 bits per heavy atom. The van der Waals surface area contributed by atoms with Crippen LogP contribution in [0.3, 0.4) is 0 Å². The van der Waals surface area contributed by atoms with E-state index in [1.807, 2.05) is 0 Å². The van der Waals surface area contributed by atoms with Crippen LogP contribution in [0.1, 0.15) is 22.2 Å². The lowest BCUT2D eigenvalue weighted by molar-refractivity contribution is 0.0602. The second kappa shape index (κ2) is 5.79. The van der Waals surface area contributed by atoms with Gasteiger partial charge < -0.3 is 10.5 Å². The maximum absolute atomic E-state index is 12.2. The number of sulfonamides is 1. The first-order valence-electron chi connectivity index (χ1n) is 5.22. The van der Waals surface area contributed by atoms with Crippen molar-refractivity contribution in [2.24, 2.45) is 5.73 Å². The number of carbonyl (C=O) groups is 1. The smallest absolute Gasteiger partial charge is 0.349 e. The summed E-state index contributed by atoms with van der Waals surface area (Å²) in [5.41, 5.74) is 5.89. The molecule has 1 aromatic heterocycles. The zero-order valence-electron chi connectivity index (χ0n) is 10.4. The average Bonchev–Trinajstić information content (AvgIpc) is 2.70. The SMILES string of the molecule is COC(=O)c1scc(C)c1S(=O)(=O)N[C@H](C)CN. The summed E-state index contributed by atoms with van der Waals surface area (Å²) < 4.78 is 31.3. The summed E-state index contributed by atoms with van der Waals surface area (Å²) in [6.45, 7) is 3.46. The van der Waals surface area contributed by atoms with Gasteiger partial charge in [-0.3, -0.25) is 0 Å². The zero-order chi connectivity index (χ0) is 13.9. The van der Waals surface area contributed by atoms with Gasteiger partial charge in [0.2, 0.25) is 10.0 Å². The molecule has 0 aliphatic heterocycles. The summed E-state index contributed by atoms with van der Waals surface area (Å²) in [4.78, 5) is 11.6. The number of ether oxygens (including phenoxy) is 1. The molecular formula is C10H16N2O4S2. The Hall–Kier alpha value is -0.960. The normalized spacial score (nSPS) is 13.3. The van der Waals surface area contributed by atoms with Gasteiger partial charge in [-0.1, -0.05) is 0 Å². The highest BCUT2D eigenvalue weighted by Gasteiger charge is 2.28. The minimum absolute atomic E-state index is 0.0281. The number of aryl methyl sites for hydroxylation is 1. The molecule has 18 heavy (non-hydrogen) atoms. The lowest BCUT2D eigenvalue weighted by Crippen LogP contribution is -2.38. The minimum atomic E-state index is -3.77. The first-order valence-corrected chi connectivity index (χ1v) is 7.58. The van der Waals surface area contributed by atoms with E-state index in [1.54, 1.807) is 19.2 Å². The molecule has 0 amide bonds. The van der Waals surface area contributed by atoms with Crippen LogP contribution in [-0.4, -0.2) is 34.1 Å². The summed E-state index contributed by atoms with van der Waals surface area (Å²) in [5, 5.41) is 1.61. The van der Waals surface area contributed by atoms with Gasteiger partial charge in [0, 0.05) is 12.6 Å². The standard InChI is InChI=1S/C10H16N2O4S2/c1-6-5-17-8(10(13)16-3)9(6)18(14,15)12-7(2)4-11/h5,7,12H,4,11H2,1-3H3/t7-/m1/s1. The van der Waals surface area contributed by atoms with Crippen molar-refractivity contribution in [1.29, 1.82) is 0 Å². The molecule has 8 heteroatoms. The number of hydrogen-bond donors (Lipinski definition) is 2. The van der Waals surface area contributed by atoms with E-state index in [4.69, 9.17) is 5.73 Å². The summed E-state index contributed by atoms with van der Waals surface area (Å²) in [5.74, 6) is -0.658. The highest BCUT2D eigenvalue weighted by atomic mass is 32.2. The molecule has 0 bridgehead atoms. The fourth-order valence-corrected chi connectivity index (χ4v) is 4.33. The van der Waals surface area contributed by atoms with Crippen LogP contribution in [-0.2, 0) is 14.8 Å². The van der Waals surface area contributed by atoms with Crippen LogP contribution in [0.4, 0.5) is 0 Å². The molecule has 3 N–H and O–H groups in total. The highest BCUT2D eigenvalue weighted by Crippen LogP contribution is 2.27. The first-order chi connectivity index (χ1) is 8.33. The zero-order valence-corrected chi connectivity index (χ0v) is 12.0. The van der Waals surface area contributed by atoms with Crippen molar-refractivity contribution in [3.63, 3.8) is 0 Å². The fraction of sp³-hybridized carbons (Fsp3) is 0.500. The van der Waals surface area contributed by atoms with E-state index in [-0.39, 0.29) is 16.3 Å². The lowest BCUT2D eigenvalue weighted by atomic mass is 10.3. The molecule has 1 rings (SSSR count). The molecule has 6 nitrogen and oxygen atoms in total. The fourth-order valence-electron chi connectivity index (χ4n) is 1.37. The minimum Gasteiger partial charge on any atom is -0.465 e. The van der Waals surface area contributed by atoms with E-state index in [0.717, 1.165) is 11.3 Å². The van der Waals surface area contributed by atoms with Crippen LogP contribution in [0, 0.1) is 6.92 Å². The van der Waals surface area contributed by atoms with Crippen molar-refractivity contribution in [3.8, 4) is 0 Å². The Labute approximate surface area is 110 Å². The number of esters is 1. The molecule has 0 aliphatic rings. The molecule has 1 heterocycles. The second-order valence-electron chi connectivity index (χ2n) is 3.83. The maximum Gasteiger partial charge on any atom is 0.349 e. The Morgan fingerprint density at radius 3 is 2.72 bits per heavy atom. The molecule has 102 valence electrons. The Morgan fingerprint density at radius 2 is 2.22 bits per heavy atom. The maximum atomic E-state index is 12.2. The molecular weight excluding hydrogens is 276 g/mol. The van der Waals surface area contributed by atoms with Gasteiger partial charge in [0.25, 0.3) is 0 Å². The molecule has 0 radical (unpaired) electrons. The topological polar surface area (TPSA) is 98.5 Å². The van der Waals surface area contributed by atoms with E-state index < -0.39 is 22.0 Å². The Balaban J connectivity index is 3.24. The van der Waals surface area contributed by atoms with Crippen molar-refractivity contribution in [2.45, 2.75) is 24.8 Å². The van der Waals surface area contributed by atoms with Crippen molar-refractivity contribution in [2.75, 3.05) is 13.7 Å². The largest absolute Gasteiger partial charge is 0.465 e. The molecule has 0 saturated heterocycles. The third-order valence-electron chi connectivity index (χ3n) is 2.27. The summed E-state index contributed by atoms with van der Waals surface area (Å²) in [6, 6.07) is -0.403. The third-order valence-corrected chi connectivity index (χ3v) is 5.25. The summed E-state index contributed by atoms with van der Waals surface area (Å²) in [6.07, 6.45) is 0. The number of thiophene rings is 1. The van der Waals surface area contributed by atoms with Crippen LogP contribution >= 0.6 is 11.3 Å². The Kier molecular flexibility index (Phi) is 4.85. The van der Waals surface area contributed by atoms with Gasteiger partial charge in [-0.05, 0) is 24.8 Å². The van der Waals surface area contributed by atoms with Crippen molar-refractivity contribution < 1.29 is 17.9 Å². The number of carbonyl (C=O) groups excluding carboxylic acids is 1. The van der Waals surface area contributed by atoms with Crippen LogP contribution < -0.4 is 10.5 Å². The van der Waals surface area contributed by atoms with E-state index in [1.165, 1.54) is 7.11 Å². The van der Waals surface area contributed by atoms with E-state index in [2.05, 4.69) is 9.46 Å². The van der Waals surface area contributed by atoms with E-state index in [9.17, 15) is 13.2 Å². The molecule has 1 aromatic rings. The summed E-state index contributed by atoms with van der Waals surface area (Å²) >= 11 is 1.05. The van der Waals surface area contributed by atoms with Gasteiger partial charge in [0.15, 0.2) is 0 Å². The van der Waals surface area contributed by atoms with Gasteiger partial charge in [-0.15, -0.1) is 11.3 Å². The quantitative estimate of drug-likeness (QED) is 0.769. The van der Waals surface area contributed by atoms with Crippen molar-refractivity contribution >= 4 is 27.3 Å². The molecule has 0 unspecified atom stereocenters. The number of methoxy groups -OCH3 is 1. The van der Waals surface area contributed by atoms with Gasteiger partial charge in [-0.2, -0.15) is 0 Å².